The fourth-order valence-electron chi connectivity index (χ4n) is 3.18. The van der Waals surface area contributed by atoms with Crippen LogP contribution in [-0.2, 0) is 14.3 Å². The van der Waals surface area contributed by atoms with Crippen molar-refractivity contribution in [2.45, 2.75) is 58.9 Å². The first-order chi connectivity index (χ1) is 11.9. The molecule has 1 amide bonds. The molecule has 1 aromatic heterocycles. The highest BCUT2D eigenvalue weighted by Gasteiger charge is 2.28. The highest BCUT2D eigenvalue weighted by Crippen LogP contribution is 2.29. The maximum atomic E-state index is 12.0. The van der Waals surface area contributed by atoms with E-state index in [1.165, 1.54) is 17.8 Å². The van der Waals surface area contributed by atoms with E-state index in [2.05, 4.69) is 19.2 Å². The Labute approximate surface area is 153 Å². The molecule has 0 aromatic carbocycles. The number of thiophene rings is 1. The Morgan fingerprint density at radius 3 is 2.64 bits per heavy atom. The van der Waals surface area contributed by atoms with Gasteiger partial charge in [0.25, 0.3) is 5.91 Å². The molecule has 1 aliphatic rings. The van der Waals surface area contributed by atoms with Crippen LogP contribution in [0.15, 0.2) is 12.1 Å². The number of esters is 1. The normalized spacial score (nSPS) is 23.1. The summed E-state index contributed by atoms with van der Waals surface area (Å²) in [7, 11) is 0. The largest absolute Gasteiger partial charge is 0.456 e. The van der Waals surface area contributed by atoms with Gasteiger partial charge in [-0.15, -0.1) is 11.3 Å². The predicted molar refractivity (Wildman–Crippen MR) is 97.7 cm³/mol. The molecule has 1 heterocycles. The Morgan fingerprint density at radius 2 is 1.96 bits per heavy atom. The molecule has 5 nitrogen and oxygen atoms in total. The highest BCUT2D eigenvalue weighted by atomic mass is 32.1. The van der Waals surface area contributed by atoms with E-state index in [0.717, 1.165) is 17.7 Å². The number of nitrogens with one attached hydrogen (secondary N) is 1. The summed E-state index contributed by atoms with van der Waals surface area (Å²) >= 11 is 1.42. The number of amides is 1. The molecule has 1 N–H and O–H groups in total. The molecular formula is C19H27NO4S. The van der Waals surface area contributed by atoms with E-state index in [0.29, 0.717) is 16.7 Å². The lowest BCUT2D eigenvalue weighted by atomic mass is 9.78. The van der Waals surface area contributed by atoms with Crippen LogP contribution in [0.4, 0.5) is 0 Å². The monoisotopic (exact) mass is 365 g/mol. The van der Waals surface area contributed by atoms with Crippen molar-refractivity contribution in [3.8, 4) is 0 Å². The zero-order chi connectivity index (χ0) is 18.4. The predicted octanol–water partition coefficient (Wildman–Crippen LogP) is 3.50. The lowest BCUT2D eigenvalue weighted by molar-refractivity contribution is -0.148. The Kier molecular flexibility index (Phi) is 7.17. The van der Waals surface area contributed by atoms with E-state index < -0.39 is 5.97 Å². The molecule has 1 aliphatic carbocycles. The van der Waals surface area contributed by atoms with Gasteiger partial charge in [-0.25, -0.2) is 0 Å². The van der Waals surface area contributed by atoms with Gasteiger partial charge in [0.05, 0.1) is 11.3 Å². The van der Waals surface area contributed by atoms with E-state index in [4.69, 9.17) is 4.74 Å². The van der Waals surface area contributed by atoms with Gasteiger partial charge in [0.2, 0.25) is 0 Å². The molecule has 0 saturated heterocycles. The molecule has 138 valence electrons. The standard InChI is InChI=1S/C19H27NO4S/c1-12-5-4-6-15(14(12)3)20-18(22)11-24-19(23)10-8-16(21)17-9-7-13(2)25-17/h7,9,12,14-15H,4-6,8,10-11H2,1-3H3,(H,20,22)/t12-,14-,15-/m0/s1. The first-order valence-electron chi connectivity index (χ1n) is 8.91. The molecule has 0 unspecified atom stereocenters. The lowest BCUT2D eigenvalue weighted by Gasteiger charge is -2.34. The molecule has 6 heteroatoms. The van der Waals surface area contributed by atoms with Gasteiger partial charge >= 0.3 is 5.97 Å². The van der Waals surface area contributed by atoms with Crippen LogP contribution in [0, 0.1) is 18.8 Å². The molecule has 1 fully saturated rings. The van der Waals surface area contributed by atoms with Crippen molar-refractivity contribution in [2.75, 3.05) is 6.61 Å². The van der Waals surface area contributed by atoms with Crippen molar-refractivity contribution in [3.05, 3.63) is 21.9 Å². The Balaban J connectivity index is 1.67. The summed E-state index contributed by atoms with van der Waals surface area (Å²) in [5, 5.41) is 2.97. The molecule has 0 radical (unpaired) electrons. The van der Waals surface area contributed by atoms with E-state index in [1.807, 2.05) is 13.0 Å². The van der Waals surface area contributed by atoms with Crippen molar-refractivity contribution in [2.24, 2.45) is 11.8 Å². The second-order valence-corrected chi connectivity index (χ2v) is 8.22. The molecule has 2 rings (SSSR count). The van der Waals surface area contributed by atoms with Crippen molar-refractivity contribution >= 4 is 29.0 Å². The Hall–Kier alpha value is -1.69. The summed E-state index contributed by atoms with van der Waals surface area (Å²) in [6, 6.07) is 3.81. The van der Waals surface area contributed by atoms with E-state index in [1.54, 1.807) is 6.07 Å². The number of rotatable bonds is 7. The van der Waals surface area contributed by atoms with Crippen molar-refractivity contribution < 1.29 is 19.1 Å². The van der Waals surface area contributed by atoms with E-state index >= 15 is 0 Å². The van der Waals surface area contributed by atoms with Crippen LogP contribution < -0.4 is 5.32 Å². The van der Waals surface area contributed by atoms with Crippen LogP contribution >= 0.6 is 11.3 Å². The molecule has 1 aromatic rings. The maximum absolute atomic E-state index is 12.0. The quantitative estimate of drug-likeness (QED) is 0.593. The van der Waals surface area contributed by atoms with Gasteiger partial charge in [0.15, 0.2) is 12.4 Å². The molecule has 25 heavy (non-hydrogen) atoms. The first kappa shape index (κ1) is 19.6. The number of hydrogen-bond donors (Lipinski definition) is 1. The number of carbonyl (C=O) groups is 3. The topological polar surface area (TPSA) is 72.5 Å². The van der Waals surface area contributed by atoms with Crippen LogP contribution in [0.2, 0.25) is 0 Å². The Morgan fingerprint density at radius 1 is 1.20 bits per heavy atom. The highest BCUT2D eigenvalue weighted by molar-refractivity contribution is 7.14. The van der Waals surface area contributed by atoms with Crippen LogP contribution in [0.25, 0.3) is 0 Å². The molecule has 3 atom stereocenters. The number of aryl methyl sites for hydroxylation is 1. The minimum absolute atomic E-state index is 0.0000730. The summed E-state index contributed by atoms with van der Waals surface area (Å²) in [6.45, 7) is 6.01. The second kappa shape index (κ2) is 9.13. The summed E-state index contributed by atoms with van der Waals surface area (Å²) in [5.74, 6) is 0.180. The smallest absolute Gasteiger partial charge is 0.306 e. The maximum Gasteiger partial charge on any atom is 0.306 e. The average molecular weight is 365 g/mol. The zero-order valence-corrected chi connectivity index (χ0v) is 16.0. The van der Waals surface area contributed by atoms with Gasteiger partial charge in [0, 0.05) is 17.3 Å². The van der Waals surface area contributed by atoms with E-state index in [9.17, 15) is 14.4 Å². The third kappa shape index (κ3) is 5.96. The van der Waals surface area contributed by atoms with Crippen molar-refractivity contribution in [1.29, 1.82) is 0 Å². The number of hydrogen-bond acceptors (Lipinski definition) is 5. The summed E-state index contributed by atoms with van der Waals surface area (Å²) < 4.78 is 5.00. The van der Waals surface area contributed by atoms with Crippen LogP contribution in [0.1, 0.15) is 60.5 Å². The summed E-state index contributed by atoms with van der Waals surface area (Å²) in [6.07, 6.45) is 3.39. The number of carbonyl (C=O) groups excluding carboxylic acids is 3. The number of ketones is 1. The second-order valence-electron chi connectivity index (χ2n) is 6.94. The van der Waals surface area contributed by atoms with Gasteiger partial charge in [-0.05, 0) is 37.3 Å². The van der Waals surface area contributed by atoms with Crippen molar-refractivity contribution in [1.82, 2.24) is 5.32 Å². The molecular weight excluding hydrogens is 338 g/mol. The number of Topliss-reactive ketones (excluding diaryl/α,β-unsaturated/α-hetero) is 1. The summed E-state index contributed by atoms with van der Waals surface area (Å²) in [5.41, 5.74) is 0. The first-order valence-corrected chi connectivity index (χ1v) is 9.73. The molecule has 1 saturated carbocycles. The van der Waals surface area contributed by atoms with Gasteiger partial charge in [-0.1, -0.05) is 26.7 Å². The van der Waals surface area contributed by atoms with Gasteiger partial charge in [0.1, 0.15) is 0 Å². The SMILES string of the molecule is Cc1ccc(C(=O)CCC(=O)OCC(=O)N[C@H]2CCC[C@H](C)[C@@H]2C)s1. The van der Waals surface area contributed by atoms with Crippen LogP contribution in [-0.4, -0.2) is 30.3 Å². The average Bonchev–Trinajstić information content (AvgIpc) is 3.01. The van der Waals surface area contributed by atoms with Gasteiger partial charge in [-0.2, -0.15) is 0 Å². The van der Waals surface area contributed by atoms with E-state index in [-0.39, 0.29) is 37.2 Å². The Bertz CT molecular complexity index is 625. The third-order valence-electron chi connectivity index (χ3n) is 4.99. The fraction of sp³-hybridized carbons (Fsp3) is 0.632. The number of ether oxygens (including phenoxy) is 1. The summed E-state index contributed by atoms with van der Waals surface area (Å²) in [4.78, 5) is 37.4. The van der Waals surface area contributed by atoms with Crippen LogP contribution in [0.3, 0.4) is 0 Å². The lowest BCUT2D eigenvalue weighted by Crippen LogP contribution is -2.45. The van der Waals surface area contributed by atoms with Gasteiger partial charge in [-0.3, -0.25) is 14.4 Å². The zero-order valence-electron chi connectivity index (χ0n) is 15.2. The molecule has 0 bridgehead atoms. The minimum atomic E-state index is -0.512. The minimum Gasteiger partial charge on any atom is -0.456 e. The fourth-order valence-corrected chi connectivity index (χ4v) is 4.01. The molecule has 0 spiro atoms. The molecule has 0 aliphatic heterocycles. The van der Waals surface area contributed by atoms with Crippen molar-refractivity contribution in [3.63, 3.8) is 0 Å². The van der Waals surface area contributed by atoms with Crippen LogP contribution in [0.5, 0.6) is 0 Å². The third-order valence-corrected chi connectivity index (χ3v) is 6.03. The van der Waals surface area contributed by atoms with Gasteiger partial charge < -0.3 is 10.1 Å².